The highest BCUT2D eigenvalue weighted by molar-refractivity contribution is 5.85. The first-order valence-corrected chi connectivity index (χ1v) is 3.76. The minimum absolute atomic E-state index is 0.0324. The minimum atomic E-state index is -0.396. The molecule has 1 fully saturated rings. The molecule has 62 valence electrons. The lowest BCUT2D eigenvalue weighted by atomic mass is 9.95. The van der Waals surface area contributed by atoms with Crippen LogP contribution < -0.4 is 11.1 Å². The molecule has 1 aliphatic heterocycles. The molecule has 4 nitrogen and oxygen atoms in total. The molecule has 0 bridgehead atoms. The maximum absolute atomic E-state index is 11.0. The molecule has 1 atom stereocenters. The van der Waals surface area contributed by atoms with Gasteiger partial charge in [-0.15, -0.1) is 0 Å². The standard InChI is InChI=1S/C7H12N2O2/c8-6(10)4-5-2-1-3-9-7(5)11/h5H,1-4H2,(H2,8,10)(H,9,11). The van der Waals surface area contributed by atoms with Crippen molar-refractivity contribution in [3.8, 4) is 0 Å². The second-order valence-corrected chi connectivity index (χ2v) is 2.80. The molecule has 1 saturated heterocycles. The summed E-state index contributed by atoms with van der Waals surface area (Å²) in [6, 6.07) is 0. The summed E-state index contributed by atoms with van der Waals surface area (Å²) < 4.78 is 0. The number of hydrogen-bond acceptors (Lipinski definition) is 2. The quantitative estimate of drug-likeness (QED) is 0.559. The highest BCUT2D eigenvalue weighted by Crippen LogP contribution is 2.14. The third-order valence-corrected chi connectivity index (χ3v) is 1.85. The molecule has 1 unspecified atom stereocenters. The number of nitrogens with two attached hydrogens (primary N) is 1. The number of amides is 2. The van der Waals surface area contributed by atoms with Crippen molar-refractivity contribution in [1.82, 2.24) is 5.32 Å². The number of primary amides is 1. The first kappa shape index (κ1) is 8.04. The van der Waals surface area contributed by atoms with E-state index in [0.29, 0.717) is 0 Å². The summed E-state index contributed by atoms with van der Waals surface area (Å²) in [5.74, 6) is -0.608. The van der Waals surface area contributed by atoms with Gasteiger partial charge in [-0.05, 0) is 12.8 Å². The van der Waals surface area contributed by atoms with Crippen molar-refractivity contribution in [2.75, 3.05) is 6.54 Å². The number of rotatable bonds is 2. The Labute approximate surface area is 65.1 Å². The van der Waals surface area contributed by atoms with E-state index in [1.807, 2.05) is 0 Å². The fourth-order valence-electron chi connectivity index (χ4n) is 1.27. The largest absolute Gasteiger partial charge is 0.370 e. The van der Waals surface area contributed by atoms with Crippen molar-refractivity contribution in [3.63, 3.8) is 0 Å². The van der Waals surface area contributed by atoms with E-state index in [2.05, 4.69) is 5.32 Å². The van der Waals surface area contributed by atoms with Gasteiger partial charge in [-0.1, -0.05) is 0 Å². The zero-order valence-electron chi connectivity index (χ0n) is 6.30. The highest BCUT2D eigenvalue weighted by atomic mass is 16.2. The predicted octanol–water partition coefficient (Wildman–Crippen LogP) is -0.612. The molecule has 1 aliphatic rings. The Balaban J connectivity index is 2.42. The van der Waals surface area contributed by atoms with Crippen LogP contribution in [0.1, 0.15) is 19.3 Å². The SMILES string of the molecule is NC(=O)CC1CCCNC1=O. The normalized spacial score (nSPS) is 24.4. The Kier molecular flexibility index (Phi) is 2.46. The second kappa shape index (κ2) is 3.37. The van der Waals surface area contributed by atoms with Gasteiger partial charge in [0.05, 0.1) is 0 Å². The average Bonchev–Trinajstić information content (AvgIpc) is 1.93. The number of carbonyl (C=O) groups is 2. The molecular formula is C7H12N2O2. The maximum Gasteiger partial charge on any atom is 0.223 e. The van der Waals surface area contributed by atoms with Gasteiger partial charge in [-0.2, -0.15) is 0 Å². The van der Waals surface area contributed by atoms with Gasteiger partial charge in [0.2, 0.25) is 11.8 Å². The molecule has 0 aromatic heterocycles. The number of piperidine rings is 1. The van der Waals surface area contributed by atoms with E-state index >= 15 is 0 Å². The Morgan fingerprint density at radius 3 is 3.00 bits per heavy atom. The van der Waals surface area contributed by atoms with E-state index in [9.17, 15) is 9.59 Å². The van der Waals surface area contributed by atoms with Gasteiger partial charge in [0, 0.05) is 18.9 Å². The van der Waals surface area contributed by atoms with Crippen LogP contribution in [0.5, 0.6) is 0 Å². The molecule has 0 saturated carbocycles. The van der Waals surface area contributed by atoms with Gasteiger partial charge in [0.25, 0.3) is 0 Å². The molecular weight excluding hydrogens is 144 g/mol. The van der Waals surface area contributed by atoms with Crippen molar-refractivity contribution in [3.05, 3.63) is 0 Å². The van der Waals surface area contributed by atoms with Crippen LogP contribution in [-0.2, 0) is 9.59 Å². The molecule has 4 heteroatoms. The number of hydrogen-bond donors (Lipinski definition) is 2. The summed E-state index contributed by atoms with van der Waals surface area (Å²) in [4.78, 5) is 21.5. The van der Waals surface area contributed by atoms with Crippen LogP contribution in [0.3, 0.4) is 0 Å². The van der Waals surface area contributed by atoms with Crippen LogP contribution in [0.4, 0.5) is 0 Å². The van der Waals surface area contributed by atoms with E-state index in [-0.39, 0.29) is 18.2 Å². The fraction of sp³-hybridized carbons (Fsp3) is 0.714. The van der Waals surface area contributed by atoms with Crippen LogP contribution in [-0.4, -0.2) is 18.4 Å². The first-order valence-electron chi connectivity index (χ1n) is 3.76. The summed E-state index contributed by atoms with van der Waals surface area (Å²) >= 11 is 0. The maximum atomic E-state index is 11.0. The summed E-state index contributed by atoms with van der Waals surface area (Å²) in [5, 5.41) is 2.69. The zero-order valence-corrected chi connectivity index (χ0v) is 6.30. The Bertz CT molecular complexity index is 179. The minimum Gasteiger partial charge on any atom is -0.370 e. The van der Waals surface area contributed by atoms with E-state index in [1.165, 1.54) is 0 Å². The van der Waals surface area contributed by atoms with Crippen LogP contribution in [0.2, 0.25) is 0 Å². The monoisotopic (exact) mass is 156 g/mol. The summed E-state index contributed by atoms with van der Waals surface area (Å²) in [5.41, 5.74) is 4.97. The van der Waals surface area contributed by atoms with Crippen molar-refractivity contribution in [2.45, 2.75) is 19.3 Å². The Morgan fingerprint density at radius 2 is 2.45 bits per heavy atom. The molecule has 0 spiro atoms. The van der Waals surface area contributed by atoms with E-state index in [1.54, 1.807) is 0 Å². The highest BCUT2D eigenvalue weighted by Gasteiger charge is 2.23. The lowest BCUT2D eigenvalue weighted by Gasteiger charge is -2.20. The van der Waals surface area contributed by atoms with Crippen molar-refractivity contribution in [2.24, 2.45) is 11.7 Å². The van der Waals surface area contributed by atoms with Gasteiger partial charge in [-0.3, -0.25) is 9.59 Å². The smallest absolute Gasteiger partial charge is 0.223 e. The molecule has 1 rings (SSSR count). The van der Waals surface area contributed by atoms with E-state index in [0.717, 1.165) is 19.4 Å². The van der Waals surface area contributed by atoms with Gasteiger partial charge in [-0.25, -0.2) is 0 Å². The third kappa shape index (κ3) is 2.22. The topological polar surface area (TPSA) is 72.2 Å². The lowest BCUT2D eigenvalue weighted by Crippen LogP contribution is -2.38. The molecule has 3 N–H and O–H groups in total. The zero-order chi connectivity index (χ0) is 8.27. The third-order valence-electron chi connectivity index (χ3n) is 1.85. The molecule has 1 heterocycles. The summed E-state index contributed by atoms with van der Waals surface area (Å²) in [6.07, 6.45) is 1.92. The molecule has 0 aliphatic carbocycles. The second-order valence-electron chi connectivity index (χ2n) is 2.80. The van der Waals surface area contributed by atoms with E-state index < -0.39 is 5.91 Å². The van der Waals surface area contributed by atoms with Crippen LogP contribution >= 0.6 is 0 Å². The molecule has 0 aromatic rings. The van der Waals surface area contributed by atoms with Crippen LogP contribution in [0.25, 0.3) is 0 Å². The predicted molar refractivity (Wildman–Crippen MR) is 39.5 cm³/mol. The molecule has 11 heavy (non-hydrogen) atoms. The molecule has 0 radical (unpaired) electrons. The summed E-state index contributed by atoms with van der Waals surface area (Å²) in [6.45, 7) is 0.730. The van der Waals surface area contributed by atoms with Crippen molar-refractivity contribution >= 4 is 11.8 Å². The Hall–Kier alpha value is -1.06. The van der Waals surface area contributed by atoms with Crippen LogP contribution in [0, 0.1) is 5.92 Å². The van der Waals surface area contributed by atoms with Crippen LogP contribution in [0.15, 0.2) is 0 Å². The van der Waals surface area contributed by atoms with E-state index in [4.69, 9.17) is 5.73 Å². The van der Waals surface area contributed by atoms with Gasteiger partial charge in [0.1, 0.15) is 0 Å². The average molecular weight is 156 g/mol. The summed E-state index contributed by atoms with van der Waals surface area (Å²) in [7, 11) is 0. The number of carbonyl (C=O) groups excluding carboxylic acids is 2. The number of nitrogens with one attached hydrogen (secondary N) is 1. The molecule has 2 amide bonds. The van der Waals surface area contributed by atoms with Crippen molar-refractivity contribution < 1.29 is 9.59 Å². The van der Waals surface area contributed by atoms with Gasteiger partial charge >= 0.3 is 0 Å². The molecule has 0 aromatic carbocycles. The fourth-order valence-corrected chi connectivity index (χ4v) is 1.27. The van der Waals surface area contributed by atoms with Gasteiger partial charge in [0.15, 0.2) is 0 Å². The first-order chi connectivity index (χ1) is 5.20. The Morgan fingerprint density at radius 1 is 1.73 bits per heavy atom. The van der Waals surface area contributed by atoms with Crippen molar-refractivity contribution in [1.29, 1.82) is 0 Å². The van der Waals surface area contributed by atoms with Gasteiger partial charge < -0.3 is 11.1 Å². The lowest BCUT2D eigenvalue weighted by molar-refractivity contribution is -0.130.